The summed E-state index contributed by atoms with van der Waals surface area (Å²) < 4.78 is 15.0. The topological polar surface area (TPSA) is 97.6 Å². The summed E-state index contributed by atoms with van der Waals surface area (Å²) in [6.45, 7) is -0.516. The van der Waals surface area contributed by atoms with Crippen LogP contribution in [0.5, 0.6) is 11.5 Å². The Morgan fingerprint density at radius 2 is 1.78 bits per heavy atom. The lowest BCUT2D eigenvalue weighted by Gasteiger charge is -2.07. The van der Waals surface area contributed by atoms with Crippen molar-refractivity contribution in [1.82, 2.24) is 0 Å². The number of amides is 1. The van der Waals surface area contributed by atoms with Crippen molar-refractivity contribution in [3.8, 4) is 17.6 Å². The normalized spacial score (nSPS) is 10.5. The molecule has 0 radical (unpaired) electrons. The van der Waals surface area contributed by atoms with Crippen LogP contribution in [0.2, 0.25) is 0 Å². The van der Waals surface area contributed by atoms with Crippen molar-refractivity contribution < 1.29 is 23.8 Å². The van der Waals surface area contributed by atoms with Gasteiger partial charge in [0.1, 0.15) is 23.1 Å². The fraction of sp³-hybridized carbons (Fsp3) is 0.150. The van der Waals surface area contributed by atoms with E-state index >= 15 is 0 Å². The molecular weight excluding hydrogens is 348 g/mol. The minimum Gasteiger partial charge on any atom is -0.497 e. The van der Waals surface area contributed by atoms with Crippen LogP contribution in [0.25, 0.3) is 6.08 Å². The smallest absolute Gasteiger partial charge is 0.349 e. The molecule has 0 aliphatic carbocycles. The predicted octanol–water partition coefficient (Wildman–Crippen LogP) is 2.79. The van der Waals surface area contributed by atoms with Crippen molar-refractivity contribution in [2.24, 2.45) is 0 Å². The molecule has 7 nitrogen and oxygen atoms in total. The maximum absolute atomic E-state index is 12.0. The second-order valence-electron chi connectivity index (χ2n) is 5.30. The van der Waals surface area contributed by atoms with Crippen molar-refractivity contribution in [2.45, 2.75) is 0 Å². The van der Waals surface area contributed by atoms with Crippen LogP contribution in [0, 0.1) is 11.3 Å². The molecule has 0 heterocycles. The number of nitriles is 1. The average molecular weight is 366 g/mol. The molecule has 0 aromatic heterocycles. The standard InChI is InChI=1S/C20H18N2O5/c1-25-17-8-6-14(7-9-17)10-15(12-21)20(24)27-13-19(23)22-16-4-3-5-18(11-16)26-2/h3-11H,13H2,1-2H3,(H,22,23)/b15-10+. The molecule has 2 aromatic carbocycles. The van der Waals surface area contributed by atoms with Gasteiger partial charge in [-0.25, -0.2) is 4.79 Å². The van der Waals surface area contributed by atoms with Gasteiger partial charge < -0.3 is 19.5 Å². The first-order valence-corrected chi connectivity index (χ1v) is 7.92. The van der Waals surface area contributed by atoms with Gasteiger partial charge in [-0.3, -0.25) is 4.79 Å². The first-order chi connectivity index (χ1) is 13.0. The number of carbonyl (C=O) groups excluding carboxylic acids is 2. The molecule has 0 aliphatic rings. The van der Waals surface area contributed by atoms with Gasteiger partial charge in [-0.05, 0) is 35.9 Å². The number of anilines is 1. The second kappa shape index (κ2) is 9.63. The van der Waals surface area contributed by atoms with Gasteiger partial charge in [-0.15, -0.1) is 0 Å². The van der Waals surface area contributed by atoms with Crippen molar-refractivity contribution in [3.63, 3.8) is 0 Å². The second-order valence-corrected chi connectivity index (χ2v) is 5.30. The van der Waals surface area contributed by atoms with Gasteiger partial charge >= 0.3 is 5.97 Å². The highest BCUT2D eigenvalue weighted by Crippen LogP contribution is 2.17. The Bertz CT molecular complexity index is 882. The highest BCUT2D eigenvalue weighted by Gasteiger charge is 2.13. The Morgan fingerprint density at radius 3 is 2.41 bits per heavy atom. The molecule has 138 valence electrons. The van der Waals surface area contributed by atoms with Crippen LogP contribution in [-0.4, -0.2) is 32.7 Å². The first-order valence-electron chi connectivity index (χ1n) is 7.92. The summed E-state index contributed by atoms with van der Waals surface area (Å²) in [6, 6.07) is 15.3. The number of carbonyl (C=O) groups is 2. The number of ether oxygens (including phenoxy) is 3. The molecule has 7 heteroatoms. The highest BCUT2D eigenvalue weighted by molar-refractivity contribution is 6.00. The van der Waals surface area contributed by atoms with Crippen molar-refractivity contribution in [1.29, 1.82) is 5.26 Å². The molecule has 0 unspecified atom stereocenters. The molecule has 0 aliphatic heterocycles. The van der Waals surface area contributed by atoms with E-state index in [1.807, 2.05) is 0 Å². The molecule has 0 saturated heterocycles. The van der Waals surface area contributed by atoms with Gasteiger partial charge in [0.25, 0.3) is 5.91 Å². The van der Waals surface area contributed by atoms with E-state index in [-0.39, 0.29) is 5.57 Å². The summed E-state index contributed by atoms with van der Waals surface area (Å²) in [5, 5.41) is 11.7. The van der Waals surface area contributed by atoms with E-state index in [0.29, 0.717) is 22.7 Å². The van der Waals surface area contributed by atoms with Crippen LogP contribution in [-0.2, 0) is 14.3 Å². The molecule has 0 atom stereocenters. The van der Waals surface area contributed by atoms with E-state index in [2.05, 4.69) is 5.32 Å². The molecule has 27 heavy (non-hydrogen) atoms. The van der Waals surface area contributed by atoms with Crippen LogP contribution < -0.4 is 14.8 Å². The van der Waals surface area contributed by atoms with E-state index in [1.165, 1.54) is 13.2 Å². The average Bonchev–Trinajstić information content (AvgIpc) is 2.70. The van der Waals surface area contributed by atoms with Crippen molar-refractivity contribution >= 4 is 23.6 Å². The van der Waals surface area contributed by atoms with Crippen molar-refractivity contribution in [3.05, 3.63) is 59.7 Å². The van der Waals surface area contributed by atoms with Crippen LogP contribution in [0.3, 0.4) is 0 Å². The molecule has 2 rings (SSSR count). The lowest BCUT2D eigenvalue weighted by Crippen LogP contribution is -2.21. The Morgan fingerprint density at radius 1 is 1.07 bits per heavy atom. The summed E-state index contributed by atoms with van der Waals surface area (Å²) in [6.07, 6.45) is 1.38. The molecular formula is C20H18N2O5. The number of methoxy groups -OCH3 is 2. The van der Waals surface area contributed by atoms with Gasteiger partial charge in [0.2, 0.25) is 0 Å². The van der Waals surface area contributed by atoms with E-state index in [1.54, 1.807) is 61.7 Å². The van der Waals surface area contributed by atoms with Crippen molar-refractivity contribution in [2.75, 3.05) is 26.1 Å². The molecule has 1 N–H and O–H groups in total. The third-order valence-electron chi connectivity index (χ3n) is 3.46. The van der Waals surface area contributed by atoms with Crippen LogP contribution in [0.4, 0.5) is 5.69 Å². The lowest BCUT2D eigenvalue weighted by atomic mass is 10.1. The lowest BCUT2D eigenvalue weighted by molar-refractivity contribution is -0.142. The number of nitrogens with zero attached hydrogens (tertiary/aromatic N) is 1. The number of rotatable bonds is 7. The molecule has 2 aromatic rings. The Labute approximate surface area is 156 Å². The maximum Gasteiger partial charge on any atom is 0.349 e. The monoisotopic (exact) mass is 366 g/mol. The van der Waals surface area contributed by atoms with E-state index in [4.69, 9.17) is 19.5 Å². The Kier molecular flexibility index (Phi) is 6.97. The zero-order valence-corrected chi connectivity index (χ0v) is 14.9. The minimum atomic E-state index is -0.880. The van der Waals surface area contributed by atoms with E-state index in [0.717, 1.165) is 0 Å². The SMILES string of the molecule is COc1ccc(/C=C(\C#N)C(=O)OCC(=O)Nc2cccc(OC)c2)cc1. The zero-order valence-electron chi connectivity index (χ0n) is 14.9. The summed E-state index contributed by atoms with van der Waals surface area (Å²) in [5.41, 5.74) is 0.921. The fourth-order valence-electron chi connectivity index (χ4n) is 2.11. The molecule has 0 fully saturated rings. The van der Waals surface area contributed by atoms with Gasteiger partial charge in [0, 0.05) is 11.8 Å². The van der Waals surface area contributed by atoms with Gasteiger partial charge in [0.15, 0.2) is 6.61 Å². The number of nitrogens with one attached hydrogen (secondary N) is 1. The summed E-state index contributed by atoms with van der Waals surface area (Å²) in [7, 11) is 3.06. The largest absolute Gasteiger partial charge is 0.497 e. The first kappa shape index (κ1) is 19.5. The minimum absolute atomic E-state index is 0.214. The van der Waals surface area contributed by atoms with Crippen LogP contribution in [0.15, 0.2) is 54.1 Å². The van der Waals surface area contributed by atoms with Crippen LogP contribution >= 0.6 is 0 Å². The molecule has 0 spiro atoms. The third kappa shape index (κ3) is 5.90. The van der Waals surface area contributed by atoms with Gasteiger partial charge in [-0.1, -0.05) is 18.2 Å². The summed E-state index contributed by atoms with van der Waals surface area (Å²) >= 11 is 0. The van der Waals surface area contributed by atoms with E-state index in [9.17, 15) is 9.59 Å². The number of hydrogen-bond acceptors (Lipinski definition) is 6. The number of esters is 1. The summed E-state index contributed by atoms with van der Waals surface area (Å²) in [4.78, 5) is 23.9. The van der Waals surface area contributed by atoms with Crippen LogP contribution in [0.1, 0.15) is 5.56 Å². The van der Waals surface area contributed by atoms with E-state index < -0.39 is 18.5 Å². The predicted molar refractivity (Wildman–Crippen MR) is 99.2 cm³/mol. The number of benzene rings is 2. The highest BCUT2D eigenvalue weighted by atomic mass is 16.5. The Hall–Kier alpha value is -3.79. The van der Waals surface area contributed by atoms with Gasteiger partial charge in [0.05, 0.1) is 14.2 Å². The number of hydrogen-bond donors (Lipinski definition) is 1. The maximum atomic E-state index is 12.0. The Balaban J connectivity index is 1.94. The molecule has 0 bridgehead atoms. The molecule has 0 saturated carbocycles. The summed E-state index contributed by atoms with van der Waals surface area (Å²) in [5.74, 6) is -0.172. The fourth-order valence-corrected chi connectivity index (χ4v) is 2.11. The zero-order chi connectivity index (χ0) is 19.6. The third-order valence-corrected chi connectivity index (χ3v) is 3.46. The molecule has 1 amide bonds. The quantitative estimate of drug-likeness (QED) is 0.460. The van der Waals surface area contributed by atoms with Gasteiger partial charge in [-0.2, -0.15) is 5.26 Å².